The van der Waals surface area contributed by atoms with Crippen LogP contribution in [0.5, 0.6) is 0 Å². The molecule has 0 bridgehead atoms. The first-order valence-corrected chi connectivity index (χ1v) is 5.19. The highest BCUT2D eigenvalue weighted by Crippen LogP contribution is 2.18. The lowest BCUT2D eigenvalue weighted by Gasteiger charge is -2.06. The molecule has 2 aromatic heterocycles. The van der Waals surface area contributed by atoms with Gasteiger partial charge in [-0.3, -0.25) is 4.57 Å². The number of rotatable bonds is 1. The number of imidazole rings is 1. The fourth-order valence-corrected chi connectivity index (χ4v) is 1.86. The minimum absolute atomic E-state index is 0.911. The number of aromatic nitrogens is 3. The normalized spacial score (nSPS) is 10.8. The average molecular weight is 209 g/mol. The molecule has 0 saturated heterocycles. The van der Waals surface area contributed by atoms with E-state index in [2.05, 4.69) is 29.0 Å². The van der Waals surface area contributed by atoms with Crippen molar-refractivity contribution in [2.45, 2.75) is 6.92 Å². The van der Waals surface area contributed by atoms with Crippen molar-refractivity contribution in [1.29, 1.82) is 0 Å². The Balaban J connectivity index is 2.29. The maximum atomic E-state index is 4.60. The Morgan fingerprint density at radius 3 is 2.88 bits per heavy atom. The summed E-state index contributed by atoms with van der Waals surface area (Å²) in [5, 5.41) is 1.20. The molecule has 0 aliphatic heterocycles. The van der Waals surface area contributed by atoms with Gasteiger partial charge in [-0.15, -0.1) is 0 Å². The van der Waals surface area contributed by atoms with Gasteiger partial charge in [0.25, 0.3) is 0 Å². The van der Waals surface area contributed by atoms with Gasteiger partial charge in [0.2, 0.25) is 0 Å². The summed E-state index contributed by atoms with van der Waals surface area (Å²) in [6, 6.07) is 10.2. The van der Waals surface area contributed by atoms with Crippen LogP contribution in [0.2, 0.25) is 0 Å². The third-order valence-corrected chi connectivity index (χ3v) is 2.68. The van der Waals surface area contributed by atoms with Crippen LogP contribution in [0.1, 0.15) is 5.56 Å². The van der Waals surface area contributed by atoms with Crippen molar-refractivity contribution in [3.05, 3.63) is 54.6 Å². The van der Waals surface area contributed by atoms with Gasteiger partial charge in [-0.25, -0.2) is 9.97 Å². The Morgan fingerprint density at radius 1 is 1.19 bits per heavy atom. The van der Waals surface area contributed by atoms with Gasteiger partial charge >= 0.3 is 0 Å². The molecule has 1 aromatic carbocycles. The zero-order valence-electron chi connectivity index (χ0n) is 8.96. The van der Waals surface area contributed by atoms with E-state index in [4.69, 9.17) is 0 Å². The van der Waals surface area contributed by atoms with E-state index in [9.17, 15) is 0 Å². The van der Waals surface area contributed by atoms with E-state index in [0.717, 1.165) is 11.3 Å². The van der Waals surface area contributed by atoms with Gasteiger partial charge < -0.3 is 0 Å². The van der Waals surface area contributed by atoms with E-state index in [-0.39, 0.29) is 0 Å². The van der Waals surface area contributed by atoms with Crippen LogP contribution in [-0.4, -0.2) is 14.5 Å². The zero-order chi connectivity index (χ0) is 11.0. The Kier molecular flexibility index (Phi) is 1.96. The predicted molar refractivity (Wildman–Crippen MR) is 63.6 cm³/mol. The molecule has 2 heterocycles. The zero-order valence-corrected chi connectivity index (χ0v) is 8.96. The number of nitrogens with zero attached hydrogens (tertiary/aromatic N) is 3. The molecule has 3 nitrogen and oxygen atoms in total. The predicted octanol–water partition coefficient (Wildman–Crippen LogP) is 2.73. The van der Waals surface area contributed by atoms with Crippen LogP contribution in [0.15, 0.2) is 49.1 Å². The summed E-state index contributed by atoms with van der Waals surface area (Å²) in [4.78, 5) is 8.63. The number of hydrogen-bond donors (Lipinski definition) is 0. The first kappa shape index (κ1) is 9.09. The van der Waals surface area contributed by atoms with Crippen molar-refractivity contribution in [3.63, 3.8) is 0 Å². The Morgan fingerprint density at radius 2 is 2.06 bits per heavy atom. The van der Waals surface area contributed by atoms with Crippen LogP contribution >= 0.6 is 0 Å². The quantitative estimate of drug-likeness (QED) is 0.617. The van der Waals surface area contributed by atoms with Gasteiger partial charge in [0.15, 0.2) is 0 Å². The van der Waals surface area contributed by atoms with Crippen LogP contribution in [-0.2, 0) is 0 Å². The molecule has 0 amide bonds. The fourth-order valence-electron chi connectivity index (χ4n) is 1.86. The largest absolute Gasteiger partial charge is 0.291 e. The summed E-state index contributed by atoms with van der Waals surface area (Å²) >= 11 is 0. The molecule has 0 N–H and O–H groups in total. The van der Waals surface area contributed by atoms with Gasteiger partial charge in [0, 0.05) is 17.8 Å². The summed E-state index contributed by atoms with van der Waals surface area (Å²) in [6.45, 7) is 2.10. The molecule has 0 atom stereocenters. The smallest absolute Gasteiger partial charge is 0.138 e. The Labute approximate surface area is 93.4 Å². The van der Waals surface area contributed by atoms with Gasteiger partial charge in [-0.05, 0) is 24.6 Å². The maximum Gasteiger partial charge on any atom is 0.138 e. The Bertz CT molecular complexity index is 627. The van der Waals surface area contributed by atoms with Crippen LogP contribution < -0.4 is 0 Å². The van der Waals surface area contributed by atoms with Crippen molar-refractivity contribution < 1.29 is 0 Å². The first-order chi connectivity index (χ1) is 7.84. The number of aryl methyl sites for hydroxylation is 1. The number of para-hydroxylation sites is 1. The summed E-state index contributed by atoms with van der Waals surface area (Å²) in [6.07, 6.45) is 5.42. The second kappa shape index (κ2) is 3.45. The molecule has 3 rings (SSSR count). The van der Waals surface area contributed by atoms with E-state index in [0.29, 0.717) is 0 Å². The summed E-state index contributed by atoms with van der Waals surface area (Å²) in [5.74, 6) is 0.911. The minimum Gasteiger partial charge on any atom is -0.291 e. The van der Waals surface area contributed by atoms with Gasteiger partial charge in [0.05, 0.1) is 5.52 Å². The van der Waals surface area contributed by atoms with Crippen LogP contribution in [0.25, 0.3) is 16.7 Å². The molecule has 78 valence electrons. The highest BCUT2D eigenvalue weighted by molar-refractivity contribution is 5.82. The fraction of sp³-hybridized carbons (Fsp3) is 0.0769. The van der Waals surface area contributed by atoms with Crippen molar-refractivity contribution in [2.24, 2.45) is 0 Å². The van der Waals surface area contributed by atoms with Crippen LogP contribution in [0.3, 0.4) is 0 Å². The molecule has 3 aromatic rings. The van der Waals surface area contributed by atoms with Crippen molar-refractivity contribution in [1.82, 2.24) is 14.5 Å². The maximum absolute atomic E-state index is 4.60. The molecular weight excluding hydrogens is 198 g/mol. The lowest BCUT2D eigenvalue weighted by atomic mass is 10.1. The number of hydrogen-bond acceptors (Lipinski definition) is 2. The first-order valence-electron chi connectivity index (χ1n) is 5.19. The summed E-state index contributed by atoms with van der Waals surface area (Å²) in [7, 11) is 0. The van der Waals surface area contributed by atoms with Gasteiger partial charge in [0.1, 0.15) is 12.1 Å². The molecule has 0 aliphatic rings. The lowest BCUT2D eigenvalue weighted by Crippen LogP contribution is -1.96. The molecule has 0 spiro atoms. The third-order valence-electron chi connectivity index (χ3n) is 2.68. The van der Waals surface area contributed by atoms with Gasteiger partial charge in [-0.2, -0.15) is 0 Å². The van der Waals surface area contributed by atoms with Crippen LogP contribution in [0.4, 0.5) is 0 Å². The molecule has 0 fully saturated rings. The molecule has 0 saturated carbocycles. The lowest BCUT2D eigenvalue weighted by molar-refractivity contribution is 1.00. The molecule has 3 heteroatoms. The highest BCUT2D eigenvalue weighted by Gasteiger charge is 2.02. The van der Waals surface area contributed by atoms with Crippen molar-refractivity contribution >= 4 is 10.9 Å². The Hall–Kier alpha value is -2.16. The molecule has 0 aliphatic carbocycles. The highest BCUT2D eigenvalue weighted by atomic mass is 15.1. The second-order valence-corrected chi connectivity index (χ2v) is 3.78. The van der Waals surface area contributed by atoms with E-state index in [1.807, 2.05) is 29.0 Å². The number of fused-ring (bicyclic) bond motifs is 1. The average Bonchev–Trinajstić information content (AvgIpc) is 2.82. The van der Waals surface area contributed by atoms with Crippen molar-refractivity contribution in [2.75, 3.05) is 0 Å². The van der Waals surface area contributed by atoms with E-state index in [1.165, 1.54) is 10.9 Å². The molecule has 0 radical (unpaired) electrons. The van der Waals surface area contributed by atoms with E-state index < -0.39 is 0 Å². The molecular formula is C13H11N3. The third kappa shape index (κ3) is 1.37. The second-order valence-electron chi connectivity index (χ2n) is 3.78. The van der Waals surface area contributed by atoms with Crippen molar-refractivity contribution in [3.8, 4) is 5.82 Å². The SMILES string of the molecule is Cc1cc(-n2ccnc2)nc2ccccc12. The topological polar surface area (TPSA) is 30.7 Å². The minimum atomic E-state index is 0.911. The van der Waals surface area contributed by atoms with E-state index >= 15 is 0 Å². The molecule has 16 heavy (non-hydrogen) atoms. The number of pyridine rings is 1. The summed E-state index contributed by atoms with van der Waals surface area (Å²) < 4.78 is 1.92. The monoisotopic (exact) mass is 209 g/mol. The van der Waals surface area contributed by atoms with Crippen LogP contribution in [0, 0.1) is 6.92 Å². The van der Waals surface area contributed by atoms with Gasteiger partial charge in [-0.1, -0.05) is 18.2 Å². The summed E-state index contributed by atoms with van der Waals surface area (Å²) in [5.41, 5.74) is 2.25. The molecule has 0 unspecified atom stereocenters. The standard InChI is InChI=1S/C13H11N3/c1-10-8-13(16-7-6-14-9-16)15-12-5-3-2-4-11(10)12/h2-9H,1H3. The number of benzene rings is 1. The van der Waals surface area contributed by atoms with E-state index in [1.54, 1.807) is 12.5 Å².